The van der Waals surface area contributed by atoms with Crippen LogP contribution in [-0.2, 0) is 4.74 Å². The fourth-order valence-corrected chi connectivity index (χ4v) is 2.64. The van der Waals surface area contributed by atoms with Crippen molar-refractivity contribution in [1.29, 1.82) is 0 Å². The molecule has 11 nitrogen and oxygen atoms in total. The number of ether oxygens (including phenoxy) is 1. The van der Waals surface area contributed by atoms with E-state index in [1.807, 2.05) is 0 Å². The van der Waals surface area contributed by atoms with Crippen LogP contribution in [0, 0.1) is 4.91 Å². The first kappa shape index (κ1) is 15.1. The molecular weight excluding hydrogens is 311 g/mol. The lowest BCUT2D eigenvalue weighted by molar-refractivity contribution is -0.0793. The average Bonchev–Trinajstić information content (AvgIpc) is 3.08. The SMILES string of the molecule is [N-]=[N+]=N[C@]1(CO)O[C@@H](c2ccc3c(N)ncnn23)[C@H](F)[C@@H]1N=O. The molecule has 1 aliphatic heterocycles. The third kappa shape index (κ3) is 2.08. The second-order valence-electron chi connectivity index (χ2n) is 4.93. The quantitative estimate of drug-likeness (QED) is 0.366. The van der Waals surface area contributed by atoms with Crippen LogP contribution in [0.4, 0.5) is 10.2 Å². The Hall–Kier alpha value is -2.82. The fraction of sp³-hybridized carbons (Fsp3) is 0.455. The van der Waals surface area contributed by atoms with Crippen molar-refractivity contribution in [2.24, 2.45) is 10.3 Å². The highest BCUT2D eigenvalue weighted by atomic mass is 19.1. The van der Waals surface area contributed by atoms with Gasteiger partial charge >= 0.3 is 0 Å². The predicted molar refractivity (Wildman–Crippen MR) is 74.7 cm³/mol. The summed E-state index contributed by atoms with van der Waals surface area (Å²) >= 11 is 0. The van der Waals surface area contributed by atoms with E-state index in [2.05, 4.69) is 25.3 Å². The number of fused-ring (bicyclic) bond motifs is 1. The number of halogens is 1. The van der Waals surface area contributed by atoms with Crippen LogP contribution in [0.3, 0.4) is 0 Å². The maximum absolute atomic E-state index is 14.6. The summed E-state index contributed by atoms with van der Waals surface area (Å²) in [5.41, 5.74) is 12.8. The third-order valence-electron chi connectivity index (χ3n) is 3.74. The normalized spacial score (nSPS) is 30.3. The third-order valence-corrected chi connectivity index (χ3v) is 3.74. The molecule has 0 spiro atoms. The Labute approximate surface area is 127 Å². The van der Waals surface area contributed by atoms with Gasteiger partial charge in [-0.15, -0.1) is 0 Å². The minimum atomic E-state index is -2.11. The molecule has 2 aromatic heterocycles. The van der Waals surface area contributed by atoms with Gasteiger partial charge in [0.05, 0.1) is 12.3 Å². The van der Waals surface area contributed by atoms with Gasteiger partial charge in [-0.25, -0.2) is 13.9 Å². The van der Waals surface area contributed by atoms with Gasteiger partial charge in [0.15, 0.2) is 23.8 Å². The lowest BCUT2D eigenvalue weighted by Crippen LogP contribution is -2.42. The number of aliphatic hydroxyl groups excluding tert-OH is 1. The van der Waals surface area contributed by atoms with E-state index in [9.17, 15) is 14.4 Å². The molecule has 0 amide bonds. The zero-order valence-electron chi connectivity index (χ0n) is 11.5. The van der Waals surface area contributed by atoms with E-state index >= 15 is 0 Å². The number of rotatable bonds is 4. The summed E-state index contributed by atoms with van der Waals surface area (Å²) in [4.78, 5) is 17.3. The first-order chi connectivity index (χ1) is 11.1. The summed E-state index contributed by atoms with van der Waals surface area (Å²) in [6.07, 6.45) is -2.09. The van der Waals surface area contributed by atoms with Gasteiger partial charge in [0.1, 0.15) is 17.9 Å². The van der Waals surface area contributed by atoms with Crippen molar-refractivity contribution >= 4 is 11.3 Å². The number of nitrogen functional groups attached to an aromatic ring is 1. The number of hydrogen-bond acceptors (Lipinski definition) is 8. The summed E-state index contributed by atoms with van der Waals surface area (Å²) in [5.74, 6) is 0.174. The summed E-state index contributed by atoms with van der Waals surface area (Å²) in [6, 6.07) is 1.35. The Bertz CT molecular complexity index is 806. The maximum Gasteiger partial charge on any atom is 0.199 e. The number of aromatic nitrogens is 3. The van der Waals surface area contributed by atoms with Crippen molar-refractivity contribution in [1.82, 2.24) is 14.6 Å². The van der Waals surface area contributed by atoms with Gasteiger partial charge in [0, 0.05) is 4.91 Å². The zero-order valence-corrected chi connectivity index (χ0v) is 11.5. The van der Waals surface area contributed by atoms with E-state index in [-0.39, 0.29) is 11.5 Å². The largest absolute Gasteiger partial charge is 0.393 e. The van der Waals surface area contributed by atoms with Gasteiger partial charge in [-0.2, -0.15) is 10.0 Å². The van der Waals surface area contributed by atoms with Crippen LogP contribution >= 0.6 is 0 Å². The molecule has 0 bridgehead atoms. The molecule has 120 valence electrons. The van der Waals surface area contributed by atoms with Gasteiger partial charge < -0.3 is 15.6 Å². The Morgan fingerprint density at radius 1 is 1.61 bits per heavy atom. The molecule has 0 radical (unpaired) electrons. The van der Waals surface area contributed by atoms with Crippen molar-refractivity contribution < 1.29 is 14.2 Å². The molecule has 3 heterocycles. The standard InChI is InChI=1S/C11H11FN8O3/c12-7-8(23-11(3-21,18-19-14)9(7)17-22)5-1-2-6-10(13)15-4-16-20(5)6/h1-2,4,7-9,21H,3H2,(H2,13,15,16)/t7-,8-,9-,11+/m0/s1. The van der Waals surface area contributed by atoms with Crippen molar-refractivity contribution in [2.45, 2.75) is 24.0 Å². The molecule has 1 saturated heterocycles. The topological polar surface area (TPSA) is 164 Å². The molecule has 0 unspecified atom stereocenters. The number of nitroso groups, excluding NO2 is 1. The molecule has 0 saturated carbocycles. The molecule has 1 aliphatic rings. The Morgan fingerprint density at radius 3 is 3.04 bits per heavy atom. The molecule has 23 heavy (non-hydrogen) atoms. The van der Waals surface area contributed by atoms with Gasteiger partial charge in [-0.3, -0.25) is 0 Å². The van der Waals surface area contributed by atoms with E-state index in [4.69, 9.17) is 16.0 Å². The van der Waals surface area contributed by atoms with E-state index in [0.717, 1.165) is 0 Å². The van der Waals surface area contributed by atoms with Crippen LogP contribution in [0.5, 0.6) is 0 Å². The molecule has 0 aromatic carbocycles. The Morgan fingerprint density at radius 2 is 2.39 bits per heavy atom. The van der Waals surface area contributed by atoms with Crippen LogP contribution < -0.4 is 5.73 Å². The number of aliphatic hydroxyl groups is 1. The Balaban J connectivity index is 2.11. The van der Waals surface area contributed by atoms with Crippen molar-refractivity contribution in [3.05, 3.63) is 39.5 Å². The molecule has 3 N–H and O–H groups in total. The fourth-order valence-electron chi connectivity index (χ4n) is 2.64. The van der Waals surface area contributed by atoms with Gasteiger partial charge in [0.2, 0.25) is 0 Å². The van der Waals surface area contributed by atoms with E-state index in [1.54, 1.807) is 6.07 Å². The van der Waals surface area contributed by atoms with Gasteiger partial charge in [0.25, 0.3) is 0 Å². The number of nitrogens with zero attached hydrogens (tertiary/aromatic N) is 7. The van der Waals surface area contributed by atoms with Crippen molar-refractivity contribution in [2.75, 3.05) is 12.3 Å². The van der Waals surface area contributed by atoms with E-state index in [0.29, 0.717) is 5.52 Å². The molecule has 2 aromatic rings. The van der Waals surface area contributed by atoms with Gasteiger partial charge in [-0.1, -0.05) is 10.3 Å². The number of hydrogen-bond donors (Lipinski definition) is 2. The molecule has 0 aliphatic carbocycles. The minimum absolute atomic E-state index is 0.174. The van der Waals surface area contributed by atoms with Crippen molar-refractivity contribution in [3.63, 3.8) is 0 Å². The van der Waals surface area contributed by atoms with Crippen LogP contribution in [0.25, 0.3) is 16.0 Å². The van der Waals surface area contributed by atoms with Crippen LogP contribution in [0.2, 0.25) is 0 Å². The average molecular weight is 322 g/mol. The van der Waals surface area contributed by atoms with Crippen LogP contribution in [-0.4, -0.2) is 44.2 Å². The number of anilines is 1. The van der Waals surface area contributed by atoms with E-state index < -0.39 is 30.6 Å². The summed E-state index contributed by atoms with van der Waals surface area (Å²) < 4.78 is 21.3. The minimum Gasteiger partial charge on any atom is -0.393 e. The van der Waals surface area contributed by atoms with Crippen LogP contribution in [0.1, 0.15) is 11.8 Å². The summed E-state index contributed by atoms with van der Waals surface area (Å²) in [5, 5.41) is 19.3. The summed E-state index contributed by atoms with van der Waals surface area (Å²) in [6.45, 7) is -0.898. The molecule has 1 fully saturated rings. The lowest BCUT2D eigenvalue weighted by Gasteiger charge is -2.22. The number of nitrogens with two attached hydrogens (primary N) is 1. The lowest BCUT2D eigenvalue weighted by atomic mass is 10.0. The molecule has 12 heteroatoms. The number of azide groups is 1. The highest BCUT2D eigenvalue weighted by Crippen LogP contribution is 2.44. The highest BCUT2D eigenvalue weighted by molar-refractivity contribution is 5.65. The van der Waals surface area contributed by atoms with Crippen LogP contribution in [0.15, 0.2) is 28.8 Å². The van der Waals surface area contributed by atoms with Gasteiger partial charge in [-0.05, 0) is 17.7 Å². The van der Waals surface area contributed by atoms with E-state index in [1.165, 1.54) is 16.9 Å². The first-order valence-electron chi connectivity index (χ1n) is 6.47. The monoisotopic (exact) mass is 322 g/mol. The zero-order chi connectivity index (χ0) is 16.6. The second-order valence-corrected chi connectivity index (χ2v) is 4.93. The Kier molecular flexibility index (Phi) is 3.56. The second kappa shape index (κ2) is 5.43. The number of alkyl halides is 1. The molecule has 3 rings (SSSR count). The predicted octanol–water partition coefficient (Wildman–Crippen LogP) is 0.855. The maximum atomic E-state index is 14.6. The first-order valence-corrected chi connectivity index (χ1v) is 6.47. The van der Waals surface area contributed by atoms with Crippen molar-refractivity contribution in [3.8, 4) is 0 Å². The molecular formula is C11H11FN8O3. The molecule has 4 atom stereocenters. The highest BCUT2D eigenvalue weighted by Gasteiger charge is 2.58. The smallest absolute Gasteiger partial charge is 0.199 e. The summed E-state index contributed by atoms with van der Waals surface area (Å²) in [7, 11) is 0.